The second kappa shape index (κ2) is 5.16. The lowest BCUT2D eigenvalue weighted by atomic mass is 10.1. The zero-order valence-corrected chi connectivity index (χ0v) is 12.1. The highest BCUT2D eigenvalue weighted by molar-refractivity contribution is 5.99. The van der Waals surface area contributed by atoms with Gasteiger partial charge < -0.3 is 0 Å². The van der Waals surface area contributed by atoms with Crippen LogP contribution in [0, 0.1) is 19.8 Å². The SMILES string of the molecule is Cc1ccc2nc(C)c(C(=O)NNC(=O)C3CC3)cc2c1. The Bertz CT molecular complexity index is 736. The van der Waals surface area contributed by atoms with Gasteiger partial charge in [0.05, 0.1) is 16.8 Å². The van der Waals surface area contributed by atoms with E-state index in [0.29, 0.717) is 11.3 Å². The molecule has 0 radical (unpaired) electrons. The summed E-state index contributed by atoms with van der Waals surface area (Å²) >= 11 is 0. The number of aromatic nitrogens is 1. The van der Waals surface area contributed by atoms with Crippen molar-refractivity contribution < 1.29 is 9.59 Å². The number of aryl methyl sites for hydroxylation is 2. The molecular formula is C16H17N3O2. The molecule has 0 aliphatic heterocycles. The predicted octanol–water partition coefficient (Wildman–Crippen LogP) is 2.02. The second-order valence-electron chi connectivity index (χ2n) is 5.54. The van der Waals surface area contributed by atoms with Gasteiger partial charge in [-0.25, -0.2) is 0 Å². The maximum absolute atomic E-state index is 12.2. The second-order valence-corrected chi connectivity index (χ2v) is 5.54. The molecule has 0 unspecified atom stereocenters. The topological polar surface area (TPSA) is 71.1 Å². The number of nitrogens with zero attached hydrogens (tertiary/aromatic N) is 1. The summed E-state index contributed by atoms with van der Waals surface area (Å²) in [5, 5.41) is 0.916. The zero-order valence-electron chi connectivity index (χ0n) is 12.1. The lowest BCUT2D eigenvalue weighted by molar-refractivity contribution is -0.123. The van der Waals surface area contributed by atoms with Gasteiger partial charge in [0.25, 0.3) is 5.91 Å². The molecular weight excluding hydrogens is 266 g/mol. The summed E-state index contributed by atoms with van der Waals surface area (Å²) in [7, 11) is 0. The number of hydrogen-bond acceptors (Lipinski definition) is 3. The average Bonchev–Trinajstić information content (AvgIpc) is 3.28. The molecule has 0 atom stereocenters. The smallest absolute Gasteiger partial charge is 0.271 e. The molecule has 0 bridgehead atoms. The van der Waals surface area contributed by atoms with E-state index in [2.05, 4.69) is 15.8 Å². The van der Waals surface area contributed by atoms with Crippen LogP contribution < -0.4 is 10.9 Å². The van der Waals surface area contributed by atoms with Crippen LogP contribution in [-0.2, 0) is 4.79 Å². The highest BCUT2D eigenvalue weighted by Gasteiger charge is 2.29. The summed E-state index contributed by atoms with van der Waals surface area (Å²) in [6, 6.07) is 7.73. The summed E-state index contributed by atoms with van der Waals surface area (Å²) in [5.41, 5.74) is 8.01. The number of nitrogens with one attached hydrogen (secondary N) is 2. The first-order chi connectivity index (χ1) is 10.0. The Labute approximate surface area is 122 Å². The normalized spacial score (nSPS) is 14.0. The van der Waals surface area contributed by atoms with Gasteiger partial charge in [-0.3, -0.25) is 25.4 Å². The maximum Gasteiger partial charge on any atom is 0.271 e. The fraction of sp³-hybridized carbons (Fsp3) is 0.312. The molecule has 1 aromatic heterocycles. The third kappa shape index (κ3) is 2.86. The summed E-state index contributed by atoms with van der Waals surface area (Å²) in [5.74, 6) is -0.397. The van der Waals surface area contributed by atoms with Crippen molar-refractivity contribution >= 4 is 22.7 Å². The van der Waals surface area contributed by atoms with Gasteiger partial charge >= 0.3 is 0 Å². The number of hydrazine groups is 1. The molecule has 2 amide bonds. The van der Waals surface area contributed by atoms with E-state index in [4.69, 9.17) is 0 Å². The van der Waals surface area contributed by atoms with Crippen molar-refractivity contribution in [1.29, 1.82) is 0 Å². The number of fused-ring (bicyclic) bond motifs is 1. The van der Waals surface area contributed by atoms with Gasteiger partial charge in [-0.15, -0.1) is 0 Å². The number of benzene rings is 1. The highest BCUT2D eigenvalue weighted by atomic mass is 16.2. The Morgan fingerprint density at radius 1 is 1.14 bits per heavy atom. The lowest BCUT2D eigenvalue weighted by Gasteiger charge is -2.10. The number of amides is 2. The molecule has 1 fully saturated rings. The van der Waals surface area contributed by atoms with E-state index in [-0.39, 0.29) is 17.7 Å². The van der Waals surface area contributed by atoms with Crippen LogP contribution in [0.5, 0.6) is 0 Å². The van der Waals surface area contributed by atoms with Crippen molar-refractivity contribution in [1.82, 2.24) is 15.8 Å². The van der Waals surface area contributed by atoms with Crippen LogP contribution >= 0.6 is 0 Å². The van der Waals surface area contributed by atoms with E-state index in [9.17, 15) is 9.59 Å². The van der Waals surface area contributed by atoms with Crippen LogP contribution in [0.15, 0.2) is 24.3 Å². The quantitative estimate of drug-likeness (QED) is 0.828. The van der Waals surface area contributed by atoms with Crippen LogP contribution in [0.25, 0.3) is 10.9 Å². The molecule has 0 spiro atoms. The summed E-state index contributed by atoms with van der Waals surface area (Å²) < 4.78 is 0. The summed E-state index contributed by atoms with van der Waals surface area (Å²) in [4.78, 5) is 28.2. The van der Waals surface area contributed by atoms with Gasteiger partial charge in [-0.1, -0.05) is 11.6 Å². The average molecular weight is 283 g/mol. The molecule has 3 rings (SSSR count). The molecule has 1 aliphatic carbocycles. The summed E-state index contributed by atoms with van der Waals surface area (Å²) in [6.45, 7) is 3.78. The molecule has 1 saturated carbocycles. The first kappa shape index (κ1) is 13.5. The lowest BCUT2D eigenvalue weighted by Crippen LogP contribution is -2.42. The minimum Gasteiger partial charge on any atom is -0.273 e. The standard InChI is InChI=1S/C16H17N3O2/c1-9-3-6-14-12(7-9)8-13(10(2)17-14)16(21)19-18-15(20)11-4-5-11/h3,6-8,11H,4-5H2,1-2H3,(H,18,20)(H,19,21). The Morgan fingerprint density at radius 2 is 1.90 bits per heavy atom. The number of hydrogen-bond donors (Lipinski definition) is 2. The van der Waals surface area contributed by atoms with Crippen molar-refractivity contribution in [3.8, 4) is 0 Å². The Kier molecular flexibility index (Phi) is 3.33. The van der Waals surface area contributed by atoms with E-state index < -0.39 is 0 Å². The Hall–Kier alpha value is -2.43. The Morgan fingerprint density at radius 3 is 2.62 bits per heavy atom. The molecule has 2 aromatic rings. The first-order valence-electron chi connectivity index (χ1n) is 7.03. The predicted molar refractivity (Wildman–Crippen MR) is 79.5 cm³/mol. The van der Waals surface area contributed by atoms with Gasteiger partial charge in [-0.05, 0) is 44.9 Å². The largest absolute Gasteiger partial charge is 0.273 e. The zero-order chi connectivity index (χ0) is 15.0. The van der Waals surface area contributed by atoms with Crippen LogP contribution in [-0.4, -0.2) is 16.8 Å². The van der Waals surface area contributed by atoms with Crippen LogP contribution in [0.1, 0.15) is 34.5 Å². The fourth-order valence-corrected chi connectivity index (χ4v) is 2.26. The van der Waals surface area contributed by atoms with E-state index in [0.717, 1.165) is 29.3 Å². The van der Waals surface area contributed by atoms with Gasteiger partial charge in [0.2, 0.25) is 5.91 Å². The molecule has 1 aromatic carbocycles. The van der Waals surface area contributed by atoms with E-state index in [1.54, 1.807) is 6.92 Å². The summed E-state index contributed by atoms with van der Waals surface area (Å²) in [6.07, 6.45) is 1.80. The molecule has 5 nitrogen and oxygen atoms in total. The Balaban J connectivity index is 1.82. The molecule has 21 heavy (non-hydrogen) atoms. The molecule has 108 valence electrons. The van der Waals surface area contributed by atoms with Gasteiger partial charge in [0.15, 0.2) is 0 Å². The fourth-order valence-electron chi connectivity index (χ4n) is 2.26. The molecule has 5 heteroatoms. The molecule has 0 saturated heterocycles. The minimum absolute atomic E-state index is 0.0591. The van der Waals surface area contributed by atoms with Gasteiger partial charge in [-0.2, -0.15) is 0 Å². The van der Waals surface area contributed by atoms with Crippen molar-refractivity contribution in [2.75, 3.05) is 0 Å². The molecule has 2 N–H and O–H groups in total. The van der Waals surface area contributed by atoms with E-state index in [1.165, 1.54) is 0 Å². The third-order valence-electron chi connectivity index (χ3n) is 3.65. The molecule has 1 heterocycles. The van der Waals surface area contributed by atoms with Gasteiger partial charge in [0, 0.05) is 11.3 Å². The highest BCUT2D eigenvalue weighted by Crippen LogP contribution is 2.28. The van der Waals surface area contributed by atoms with Crippen molar-refractivity contribution in [2.24, 2.45) is 5.92 Å². The number of pyridine rings is 1. The monoisotopic (exact) mass is 283 g/mol. The first-order valence-corrected chi connectivity index (χ1v) is 7.03. The van der Waals surface area contributed by atoms with Crippen LogP contribution in [0.4, 0.5) is 0 Å². The van der Waals surface area contributed by atoms with Crippen molar-refractivity contribution in [2.45, 2.75) is 26.7 Å². The number of carbonyl (C=O) groups is 2. The van der Waals surface area contributed by atoms with E-state index in [1.807, 2.05) is 31.2 Å². The van der Waals surface area contributed by atoms with E-state index >= 15 is 0 Å². The molecule has 1 aliphatic rings. The van der Waals surface area contributed by atoms with Crippen LogP contribution in [0.3, 0.4) is 0 Å². The van der Waals surface area contributed by atoms with Gasteiger partial charge in [0.1, 0.15) is 0 Å². The third-order valence-corrected chi connectivity index (χ3v) is 3.65. The van der Waals surface area contributed by atoms with Crippen molar-refractivity contribution in [3.05, 3.63) is 41.1 Å². The number of carbonyl (C=O) groups excluding carboxylic acids is 2. The number of rotatable bonds is 2. The minimum atomic E-state index is -0.336. The maximum atomic E-state index is 12.2. The van der Waals surface area contributed by atoms with Crippen molar-refractivity contribution in [3.63, 3.8) is 0 Å². The van der Waals surface area contributed by atoms with Crippen LogP contribution in [0.2, 0.25) is 0 Å².